The maximum Gasteiger partial charge on any atom is 0.416 e. The van der Waals surface area contributed by atoms with E-state index in [1.165, 1.54) is 6.07 Å². The molecule has 3 aliphatic heterocycles. The van der Waals surface area contributed by atoms with Crippen molar-refractivity contribution >= 4 is 28.8 Å². The van der Waals surface area contributed by atoms with Crippen LogP contribution in [0.1, 0.15) is 38.3 Å². The summed E-state index contributed by atoms with van der Waals surface area (Å²) >= 11 is 0. The molecule has 0 radical (unpaired) electrons. The molecule has 30 heavy (non-hydrogen) atoms. The molecule has 0 N–H and O–H groups in total. The Balaban J connectivity index is 1.90. The number of anilines is 1. The molecule has 0 aromatic heterocycles. The third-order valence-electron chi connectivity index (χ3n) is 5.84. The van der Waals surface area contributed by atoms with Gasteiger partial charge in [0.25, 0.3) is 0 Å². The van der Waals surface area contributed by atoms with Crippen LogP contribution >= 0.6 is 0 Å². The van der Waals surface area contributed by atoms with E-state index >= 15 is 0 Å². The fraction of sp³-hybridized carbons (Fsp3) is 0.571. The molecule has 0 spiro atoms. The number of fused-ring (bicyclic) bond motifs is 3. The Kier molecular flexibility index (Phi) is 5.34. The van der Waals surface area contributed by atoms with Gasteiger partial charge in [0.1, 0.15) is 0 Å². The second-order valence-corrected chi connectivity index (χ2v) is 8.16. The van der Waals surface area contributed by atoms with E-state index in [-0.39, 0.29) is 6.04 Å². The van der Waals surface area contributed by atoms with Crippen molar-refractivity contribution < 1.29 is 13.2 Å². The van der Waals surface area contributed by atoms with Crippen LogP contribution in [0.15, 0.2) is 27.2 Å². The molecular formula is C21H27F3N6. The molecule has 6 nitrogen and oxygen atoms in total. The van der Waals surface area contributed by atoms with Crippen molar-refractivity contribution in [1.82, 2.24) is 9.80 Å². The van der Waals surface area contributed by atoms with Gasteiger partial charge in [0.15, 0.2) is 11.7 Å². The monoisotopic (exact) mass is 420 g/mol. The molecule has 0 aliphatic carbocycles. The Bertz CT molecular complexity index is 925. The predicted octanol–water partition coefficient (Wildman–Crippen LogP) is 3.93. The van der Waals surface area contributed by atoms with Gasteiger partial charge in [0.05, 0.1) is 28.7 Å². The molecule has 0 amide bonds. The molecule has 1 unspecified atom stereocenters. The number of nitrogens with zero attached hydrogens (tertiary/aromatic N) is 6. The zero-order chi connectivity index (χ0) is 21.6. The molecule has 3 heterocycles. The van der Waals surface area contributed by atoms with Gasteiger partial charge in [-0.05, 0) is 45.0 Å². The molecule has 3 aliphatic rings. The topological polar surface area (TPSA) is 46.8 Å². The van der Waals surface area contributed by atoms with Crippen molar-refractivity contribution in [2.45, 2.75) is 45.8 Å². The molecule has 0 saturated carbocycles. The Labute approximate surface area is 174 Å². The number of piperazine rings is 1. The van der Waals surface area contributed by atoms with E-state index in [1.54, 1.807) is 5.01 Å². The SMILES string of the molecule is CCCc1cc(C(F)(F)F)cc2c1N=C(N1CCN(C)CC1)C1=NC(C)C(C)=NN12. The van der Waals surface area contributed by atoms with Crippen LogP contribution in [-0.2, 0) is 12.6 Å². The number of aliphatic imine (C=N–C) groups is 2. The number of halogens is 3. The maximum absolute atomic E-state index is 13.6. The third-order valence-corrected chi connectivity index (χ3v) is 5.84. The number of hydrogen-bond donors (Lipinski definition) is 0. The number of rotatable bonds is 2. The number of hydrazone groups is 1. The zero-order valence-corrected chi connectivity index (χ0v) is 17.8. The van der Waals surface area contributed by atoms with Gasteiger partial charge in [-0.1, -0.05) is 13.3 Å². The quantitative estimate of drug-likeness (QED) is 0.728. The summed E-state index contributed by atoms with van der Waals surface area (Å²) < 4.78 is 40.8. The summed E-state index contributed by atoms with van der Waals surface area (Å²) in [7, 11) is 2.08. The van der Waals surface area contributed by atoms with Gasteiger partial charge in [-0.25, -0.2) is 10.0 Å². The van der Waals surface area contributed by atoms with Gasteiger partial charge in [-0.3, -0.25) is 4.99 Å². The van der Waals surface area contributed by atoms with Crippen LogP contribution in [0.4, 0.5) is 24.5 Å². The van der Waals surface area contributed by atoms with E-state index in [0.29, 0.717) is 35.0 Å². The molecule has 0 bridgehead atoms. The van der Waals surface area contributed by atoms with Crippen LogP contribution in [0.2, 0.25) is 0 Å². The highest BCUT2D eigenvalue weighted by Gasteiger charge is 2.38. The second-order valence-electron chi connectivity index (χ2n) is 8.16. The van der Waals surface area contributed by atoms with Crippen LogP contribution in [0.25, 0.3) is 0 Å². The maximum atomic E-state index is 13.6. The minimum atomic E-state index is -4.43. The first-order valence-electron chi connectivity index (χ1n) is 10.4. The first kappa shape index (κ1) is 20.8. The van der Waals surface area contributed by atoms with Gasteiger partial charge >= 0.3 is 6.18 Å². The smallest absolute Gasteiger partial charge is 0.351 e. The lowest BCUT2D eigenvalue weighted by Crippen LogP contribution is -2.54. The van der Waals surface area contributed by atoms with E-state index in [0.717, 1.165) is 44.4 Å². The fourth-order valence-corrected chi connectivity index (χ4v) is 3.92. The highest BCUT2D eigenvalue weighted by molar-refractivity contribution is 6.47. The molecule has 4 rings (SSSR count). The van der Waals surface area contributed by atoms with Gasteiger partial charge < -0.3 is 9.80 Å². The average molecular weight is 420 g/mol. The van der Waals surface area contributed by atoms with E-state index < -0.39 is 11.7 Å². The van der Waals surface area contributed by atoms with Gasteiger partial charge in [-0.15, -0.1) is 0 Å². The predicted molar refractivity (Wildman–Crippen MR) is 114 cm³/mol. The molecule has 1 atom stereocenters. The summed E-state index contributed by atoms with van der Waals surface area (Å²) in [5.74, 6) is 1.24. The Hall–Kier alpha value is -2.42. The van der Waals surface area contributed by atoms with Gasteiger partial charge in [0, 0.05) is 26.2 Å². The number of aryl methyl sites for hydroxylation is 1. The number of benzene rings is 1. The van der Waals surface area contributed by atoms with Crippen molar-refractivity contribution in [3.8, 4) is 0 Å². The van der Waals surface area contributed by atoms with Crippen LogP contribution in [0.3, 0.4) is 0 Å². The van der Waals surface area contributed by atoms with Gasteiger partial charge in [0.2, 0.25) is 0 Å². The lowest BCUT2D eigenvalue weighted by Gasteiger charge is -2.40. The van der Waals surface area contributed by atoms with Crippen molar-refractivity contribution in [2.24, 2.45) is 15.1 Å². The largest absolute Gasteiger partial charge is 0.416 e. The number of alkyl halides is 3. The van der Waals surface area contributed by atoms with Crippen LogP contribution < -0.4 is 5.01 Å². The molecule has 162 valence electrons. The van der Waals surface area contributed by atoms with Crippen LogP contribution in [0, 0.1) is 0 Å². The van der Waals surface area contributed by atoms with Crippen LogP contribution in [-0.4, -0.2) is 66.5 Å². The molecular weight excluding hydrogens is 393 g/mol. The minimum absolute atomic E-state index is 0.142. The molecule has 1 saturated heterocycles. The summed E-state index contributed by atoms with van der Waals surface area (Å²) in [5, 5.41) is 6.21. The van der Waals surface area contributed by atoms with E-state index in [2.05, 4.69) is 21.9 Å². The van der Waals surface area contributed by atoms with Crippen molar-refractivity contribution in [1.29, 1.82) is 0 Å². The number of amidine groups is 2. The van der Waals surface area contributed by atoms with E-state index in [4.69, 9.17) is 9.98 Å². The first-order chi connectivity index (χ1) is 14.2. The molecule has 9 heteroatoms. The lowest BCUT2D eigenvalue weighted by molar-refractivity contribution is -0.137. The summed E-state index contributed by atoms with van der Waals surface area (Å²) in [4.78, 5) is 14.1. The molecule has 1 aromatic carbocycles. The Morgan fingerprint density at radius 1 is 1.10 bits per heavy atom. The summed E-state index contributed by atoms with van der Waals surface area (Å²) in [6.45, 7) is 9.12. The van der Waals surface area contributed by atoms with Crippen molar-refractivity contribution in [3.63, 3.8) is 0 Å². The first-order valence-corrected chi connectivity index (χ1v) is 10.4. The lowest BCUT2D eigenvalue weighted by atomic mass is 10.0. The minimum Gasteiger partial charge on any atom is -0.351 e. The van der Waals surface area contributed by atoms with E-state index in [9.17, 15) is 13.2 Å². The Morgan fingerprint density at radius 3 is 2.43 bits per heavy atom. The standard InChI is InChI=1S/C21H27F3N6/c1-5-6-15-11-16(21(22,23)24)12-17-18(15)26-19(29-9-7-28(4)8-10-29)20-25-13(2)14(3)27-30(17)20/h11-13H,5-10H2,1-4H3. The number of likely N-dealkylation sites (N-methyl/N-ethyl adjacent to an activating group) is 1. The summed E-state index contributed by atoms with van der Waals surface area (Å²) in [5.41, 5.74) is 1.62. The van der Waals surface area contributed by atoms with Gasteiger partial charge in [-0.2, -0.15) is 18.3 Å². The highest BCUT2D eigenvalue weighted by atomic mass is 19.4. The summed E-state index contributed by atoms with van der Waals surface area (Å²) in [6.07, 6.45) is -3.18. The second kappa shape index (κ2) is 7.68. The average Bonchev–Trinajstić information content (AvgIpc) is 2.69. The third kappa shape index (κ3) is 3.71. The van der Waals surface area contributed by atoms with E-state index in [1.807, 2.05) is 20.8 Å². The zero-order valence-electron chi connectivity index (χ0n) is 17.8. The Morgan fingerprint density at radius 2 is 1.80 bits per heavy atom. The van der Waals surface area contributed by atoms with Crippen molar-refractivity contribution in [2.75, 3.05) is 38.2 Å². The highest BCUT2D eigenvalue weighted by Crippen LogP contribution is 2.43. The fourth-order valence-electron chi connectivity index (χ4n) is 3.92. The van der Waals surface area contributed by atoms with Crippen molar-refractivity contribution in [3.05, 3.63) is 23.3 Å². The number of hydrogen-bond acceptors (Lipinski definition) is 6. The summed E-state index contributed by atoms with van der Waals surface area (Å²) in [6, 6.07) is 2.25. The molecule has 1 fully saturated rings. The molecule has 1 aromatic rings. The normalized spacial score (nSPS) is 22.2. The van der Waals surface area contributed by atoms with Crippen LogP contribution in [0.5, 0.6) is 0 Å².